The van der Waals surface area contributed by atoms with Crippen molar-refractivity contribution in [1.29, 1.82) is 0 Å². The van der Waals surface area contributed by atoms with Crippen LogP contribution in [0.1, 0.15) is 99.8 Å². The summed E-state index contributed by atoms with van der Waals surface area (Å²) in [5.74, 6) is 4.27. The van der Waals surface area contributed by atoms with E-state index in [4.69, 9.17) is 4.74 Å². The zero-order valence-electron chi connectivity index (χ0n) is 21.7. The Kier molecular flexibility index (Phi) is 8.37. The normalized spacial score (nSPS) is 48.0. The molecule has 4 aliphatic carbocycles. The van der Waals surface area contributed by atoms with E-state index >= 15 is 0 Å². The molecule has 0 aromatic heterocycles. The minimum Gasteiger partial charge on any atom is -0.373 e. The molecule has 5 rings (SSSR count). The molecule has 0 spiro atoms. The van der Waals surface area contributed by atoms with Gasteiger partial charge in [0.1, 0.15) is 0 Å². The zero-order chi connectivity index (χ0) is 23.8. The van der Waals surface area contributed by atoms with Gasteiger partial charge in [0.05, 0.1) is 18.6 Å². The first-order valence-electron chi connectivity index (χ1n) is 13.9. The molecule has 1 heterocycles. The summed E-state index contributed by atoms with van der Waals surface area (Å²) in [7, 11) is 0. The van der Waals surface area contributed by atoms with Gasteiger partial charge >= 0.3 is 6.18 Å². The van der Waals surface area contributed by atoms with E-state index in [0.717, 1.165) is 43.1 Å². The molecule has 1 nitrogen and oxygen atoms in total. The van der Waals surface area contributed by atoms with Crippen LogP contribution in [0.5, 0.6) is 0 Å². The van der Waals surface area contributed by atoms with Crippen LogP contribution in [0.15, 0.2) is 0 Å². The highest BCUT2D eigenvalue weighted by Crippen LogP contribution is 2.67. The second kappa shape index (κ2) is 10.2. The highest BCUT2D eigenvalue weighted by atomic mass is 19.4. The van der Waals surface area contributed by atoms with Crippen molar-refractivity contribution in [3.63, 3.8) is 0 Å². The lowest BCUT2D eigenvalue weighted by atomic mass is 9.48. The van der Waals surface area contributed by atoms with E-state index in [9.17, 15) is 13.2 Å². The Bertz CT molecular complexity index is 600. The van der Waals surface area contributed by atoms with Crippen molar-refractivity contribution in [2.45, 2.75) is 112 Å². The molecule has 188 valence electrons. The maximum atomic E-state index is 13.3. The third-order valence-corrected chi connectivity index (χ3v) is 10.4. The van der Waals surface area contributed by atoms with Gasteiger partial charge in [-0.1, -0.05) is 48.5 Å². The van der Waals surface area contributed by atoms with Gasteiger partial charge in [0.25, 0.3) is 0 Å². The van der Waals surface area contributed by atoms with Gasteiger partial charge in [0, 0.05) is 0 Å². The van der Waals surface area contributed by atoms with Crippen molar-refractivity contribution in [3.05, 3.63) is 0 Å². The summed E-state index contributed by atoms with van der Waals surface area (Å²) < 4.78 is 45.5. The second-order valence-corrected chi connectivity index (χ2v) is 11.5. The SMILES string of the molecule is CC.CC.CC1CC([C@H](C)C2CO2)[C@@]2(C)CCC3[C@@H](CC[C@@H]4CC(C(F)(F)F)CC[C@H]34)C12. The van der Waals surface area contributed by atoms with E-state index in [2.05, 4.69) is 20.8 Å². The van der Waals surface area contributed by atoms with Crippen molar-refractivity contribution in [3.8, 4) is 0 Å². The maximum Gasteiger partial charge on any atom is 0.391 e. The molecule has 0 bridgehead atoms. The number of ether oxygens (including phenoxy) is 1. The first kappa shape index (κ1) is 26.4. The molecule has 0 N–H and O–H groups in total. The number of halogens is 3. The summed E-state index contributed by atoms with van der Waals surface area (Å²) in [4.78, 5) is 0. The van der Waals surface area contributed by atoms with E-state index in [1.807, 2.05) is 27.7 Å². The lowest BCUT2D eigenvalue weighted by Crippen LogP contribution is -2.50. The van der Waals surface area contributed by atoms with Gasteiger partial charge in [-0.15, -0.1) is 0 Å². The third-order valence-electron chi connectivity index (χ3n) is 10.4. The van der Waals surface area contributed by atoms with E-state index in [1.54, 1.807) is 0 Å². The summed E-state index contributed by atoms with van der Waals surface area (Å²) in [6.45, 7) is 16.4. The van der Waals surface area contributed by atoms with Crippen molar-refractivity contribution in [2.24, 2.45) is 58.7 Å². The van der Waals surface area contributed by atoms with Crippen LogP contribution >= 0.6 is 0 Å². The summed E-state index contributed by atoms with van der Waals surface area (Å²) in [5.41, 5.74) is 0.419. The number of fused-ring (bicyclic) bond motifs is 5. The van der Waals surface area contributed by atoms with Gasteiger partial charge in [-0.05, 0) is 104 Å². The van der Waals surface area contributed by atoms with E-state index in [1.165, 1.54) is 25.7 Å². The van der Waals surface area contributed by atoms with Crippen molar-refractivity contribution < 1.29 is 17.9 Å². The van der Waals surface area contributed by atoms with Crippen LogP contribution in [0.25, 0.3) is 0 Å². The van der Waals surface area contributed by atoms with Crippen LogP contribution in [-0.4, -0.2) is 18.9 Å². The average molecular weight is 459 g/mol. The van der Waals surface area contributed by atoms with Crippen LogP contribution in [0.3, 0.4) is 0 Å². The predicted molar refractivity (Wildman–Crippen MR) is 126 cm³/mol. The number of rotatable bonds is 2. The lowest BCUT2D eigenvalue weighted by molar-refractivity contribution is -0.196. The Morgan fingerprint density at radius 2 is 1.50 bits per heavy atom. The molecular formula is C28H49F3O. The first-order chi connectivity index (χ1) is 15.2. The molecule has 5 fully saturated rings. The van der Waals surface area contributed by atoms with Gasteiger partial charge in [0.15, 0.2) is 0 Å². The van der Waals surface area contributed by atoms with Gasteiger partial charge in [-0.2, -0.15) is 13.2 Å². The van der Waals surface area contributed by atoms with Crippen LogP contribution in [0, 0.1) is 58.7 Å². The number of alkyl halides is 3. The third kappa shape index (κ3) is 4.65. The number of epoxide rings is 1. The zero-order valence-corrected chi connectivity index (χ0v) is 21.7. The molecule has 0 aromatic rings. The maximum absolute atomic E-state index is 13.3. The van der Waals surface area contributed by atoms with Crippen molar-refractivity contribution >= 4 is 0 Å². The molecule has 6 unspecified atom stereocenters. The van der Waals surface area contributed by atoms with Gasteiger partial charge < -0.3 is 4.74 Å². The Morgan fingerprint density at radius 1 is 0.875 bits per heavy atom. The minimum atomic E-state index is -3.98. The molecule has 1 saturated heterocycles. The highest BCUT2D eigenvalue weighted by molar-refractivity contribution is 5.09. The largest absolute Gasteiger partial charge is 0.391 e. The van der Waals surface area contributed by atoms with E-state index in [-0.39, 0.29) is 0 Å². The molecule has 1 aliphatic heterocycles. The van der Waals surface area contributed by atoms with Gasteiger partial charge in [-0.25, -0.2) is 0 Å². The summed E-state index contributed by atoms with van der Waals surface area (Å²) in [6.07, 6.45) is 4.22. The fraction of sp³-hybridized carbons (Fsp3) is 1.00. The molecule has 32 heavy (non-hydrogen) atoms. The average Bonchev–Trinajstić information content (AvgIpc) is 3.59. The van der Waals surface area contributed by atoms with Crippen molar-refractivity contribution in [1.82, 2.24) is 0 Å². The Hall–Kier alpha value is -0.250. The minimum absolute atomic E-state index is 0.331. The molecule has 0 radical (unpaired) electrons. The second-order valence-electron chi connectivity index (χ2n) is 11.5. The number of hydrogen-bond acceptors (Lipinski definition) is 1. The lowest BCUT2D eigenvalue weighted by Gasteiger charge is -2.57. The molecule has 11 atom stereocenters. The van der Waals surface area contributed by atoms with E-state index < -0.39 is 12.1 Å². The van der Waals surface area contributed by atoms with Crippen LogP contribution in [0.2, 0.25) is 0 Å². The smallest absolute Gasteiger partial charge is 0.373 e. The fourth-order valence-corrected chi connectivity index (χ4v) is 9.18. The summed E-state index contributed by atoms with van der Waals surface area (Å²) >= 11 is 0. The topological polar surface area (TPSA) is 12.5 Å². The molecule has 0 amide bonds. The standard InChI is InChI=1S/C24H37F3O.2C2H6/c1-13-10-20(14(2)21-12-28-21)23(3)9-8-18-17-7-5-16(24(25,26)27)11-15(17)4-6-19(18)22(13)23;2*1-2/h13-22H,4-12H2,1-3H3;2*1-2H3/t13?,14-,15+,16?,17-,18?,19+,20?,21?,22?,23+;;/m0../s1. The Morgan fingerprint density at radius 3 is 2.09 bits per heavy atom. The highest BCUT2D eigenvalue weighted by Gasteiger charge is 2.61. The van der Waals surface area contributed by atoms with Crippen molar-refractivity contribution in [2.75, 3.05) is 6.61 Å². The van der Waals surface area contributed by atoms with Crippen LogP contribution in [0.4, 0.5) is 13.2 Å². The molecular weight excluding hydrogens is 409 g/mol. The van der Waals surface area contributed by atoms with Crippen LogP contribution < -0.4 is 0 Å². The first-order valence-corrected chi connectivity index (χ1v) is 13.9. The van der Waals surface area contributed by atoms with Crippen LogP contribution in [-0.2, 0) is 4.74 Å². The Labute approximate surface area is 195 Å². The quantitative estimate of drug-likeness (QED) is 0.377. The molecule has 4 saturated carbocycles. The number of hydrogen-bond donors (Lipinski definition) is 0. The molecule has 5 aliphatic rings. The molecule has 4 heteroatoms. The van der Waals surface area contributed by atoms with Gasteiger partial charge in [-0.3, -0.25) is 0 Å². The molecule has 0 aromatic carbocycles. The van der Waals surface area contributed by atoms with E-state index in [0.29, 0.717) is 48.0 Å². The predicted octanol–water partition coefficient (Wildman–Crippen LogP) is 8.77. The van der Waals surface area contributed by atoms with Gasteiger partial charge in [0.2, 0.25) is 0 Å². The Balaban J connectivity index is 0.000000686. The summed E-state index contributed by atoms with van der Waals surface area (Å²) in [5, 5.41) is 0. The summed E-state index contributed by atoms with van der Waals surface area (Å²) in [6, 6.07) is 0. The fourth-order valence-electron chi connectivity index (χ4n) is 9.18. The monoisotopic (exact) mass is 458 g/mol.